The van der Waals surface area contributed by atoms with Crippen LogP contribution in [0.3, 0.4) is 0 Å². The first-order chi connectivity index (χ1) is 7.79. The second kappa shape index (κ2) is 5.10. The van der Waals surface area contributed by atoms with Crippen molar-refractivity contribution in [2.45, 2.75) is 18.0 Å². The average molecular weight is 327 g/mol. The van der Waals surface area contributed by atoms with Gasteiger partial charge in [0.05, 0.1) is 7.11 Å². The van der Waals surface area contributed by atoms with Gasteiger partial charge in [-0.25, -0.2) is 13.1 Å². The average Bonchev–Trinajstić information content (AvgIpc) is 2.57. The topological polar surface area (TPSA) is 103 Å². The predicted octanol–water partition coefficient (Wildman–Crippen LogP) is -0.583. The minimum Gasteiger partial charge on any atom is -0.468 e. The molecular formula is C7H11BrN4O4S. The molecule has 1 aromatic rings. The summed E-state index contributed by atoms with van der Waals surface area (Å²) in [7, 11) is -1.29. The van der Waals surface area contributed by atoms with Crippen molar-refractivity contribution in [1.82, 2.24) is 19.7 Å². The number of carbonyl (C=O) groups excluding carboxylic acids is 1. The number of carbonyl (C=O) groups is 1. The molecule has 0 saturated carbocycles. The van der Waals surface area contributed by atoms with Crippen molar-refractivity contribution in [3.63, 3.8) is 0 Å². The van der Waals surface area contributed by atoms with Crippen LogP contribution >= 0.6 is 15.9 Å². The highest BCUT2D eigenvalue weighted by Gasteiger charge is 2.28. The van der Waals surface area contributed by atoms with Gasteiger partial charge in [0.15, 0.2) is 4.60 Å². The predicted molar refractivity (Wildman–Crippen MR) is 60.5 cm³/mol. The molecule has 0 amide bonds. The quantitative estimate of drug-likeness (QED) is 0.742. The standard InChI is InChI=1S/C7H11BrN4O4S/c1-4(7(13)16-3)10-17(14,15)6-5(8)9-11-12(6)2/h4,10H,1-3H3/t4-/m0/s1. The number of esters is 1. The van der Waals surface area contributed by atoms with Gasteiger partial charge in [0, 0.05) is 7.05 Å². The van der Waals surface area contributed by atoms with Crippen LogP contribution in [0.25, 0.3) is 0 Å². The number of ether oxygens (including phenoxy) is 1. The van der Waals surface area contributed by atoms with E-state index < -0.39 is 22.0 Å². The monoisotopic (exact) mass is 326 g/mol. The Morgan fingerprint density at radius 2 is 2.18 bits per heavy atom. The largest absolute Gasteiger partial charge is 0.468 e. The van der Waals surface area contributed by atoms with E-state index in [2.05, 4.69) is 35.7 Å². The van der Waals surface area contributed by atoms with Crippen molar-refractivity contribution in [2.75, 3.05) is 7.11 Å². The summed E-state index contributed by atoms with van der Waals surface area (Å²) in [5, 5.41) is 6.93. The summed E-state index contributed by atoms with van der Waals surface area (Å²) in [5.74, 6) is -0.681. The molecule has 1 N–H and O–H groups in total. The van der Waals surface area contributed by atoms with Gasteiger partial charge in [-0.2, -0.15) is 4.72 Å². The highest BCUT2D eigenvalue weighted by molar-refractivity contribution is 9.10. The summed E-state index contributed by atoms with van der Waals surface area (Å²) >= 11 is 2.97. The summed E-state index contributed by atoms with van der Waals surface area (Å²) in [4.78, 5) is 11.1. The van der Waals surface area contributed by atoms with Crippen molar-refractivity contribution in [2.24, 2.45) is 7.05 Å². The molecule has 0 fully saturated rings. The van der Waals surface area contributed by atoms with E-state index in [0.29, 0.717) is 0 Å². The Hall–Kier alpha value is -1.00. The Kier molecular flexibility index (Phi) is 4.22. The zero-order chi connectivity index (χ0) is 13.2. The third-order valence-corrected chi connectivity index (χ3v) is 4.31. The SMILES string of the molecule is COC(=O)[C@H](C)NS(=O)(=O)c1c(Br)nnn1C. The molecule has 8 nitrogen and oxygen atoms in total. The van der Waals surface area contributed by atoms with E-state index in [1.165, 1.54) is 21.1 Å². The van der Waals surface area contributed by atoms with E-state index in [1.807, 2.05) is 0 Å². The molecule has 0 bridgehead atoms. The van der Waals surface area contributed by atoms with Crippen molar-refractivity contribution >= 4 is 31.9 Å². The molecule has 0 spiro atoms. The maximum atomic E-state index is 11.9. The maximum Gasteiger partial charge on any atom is 0.323 e. The van der Waals surface area contributed by atoms with Crippen molar-refractivity contribution < 1.29 is 17.9 Å². The van der Waals surface area contributed by atoms with Crippen molar-refractivity contribution in [3.05, 3.63) is 4.60 Å². The molecule has 1 heterocycles. The van der Waals surface area contributed by atoms with Gasteiger partial charge in [0.25, 0.3) is 10.0 Å². The first kappa shape index (κ1) is 14.1. The lowest BCUT2D eigenvalue weighted by Gasteiger charge is -2.11. The highest BCUT2D eigenvalue weighted by atomic mass is 79.9. The molecule has 0 radical (unpaired) electrons. The Balaban J connectivity index is 3.02. The van der Waals surface area contributed by atoms with Crippen LogP contribution in [0.1, 0.15) is 6.92 Å². The number of sulfonamides is 1. The fourth-order valence-corrected chi connectivity index (χ4v) is 3.41. The van der Waals surface area contributed by atoms with Gasteiger partial charge in [-0.15, -0.1) is 5.10 Å². The summed E-state index contributed by atoms with van der Waals surface area (Å²) in [6.45, 7) is 1.38. The lowest BCUT2D eigenvalue weighted by Crippen LogP contribution is -2.39. The van der Waals surface area contributed by atoms with Gasteiger partial charge in [-0.3, -0.25) is 4.79 Å². The number of nitrogens with one attached hydrogen (secondary N) is 1. The smallest absolute Gasteiger partial charge is 0.323 e. The van der Waals surface area contributed by atoms with Gasteiger partial charge >= 0.3 is 5.97 Å². The van der Waals surface area contributed by atoms with Crippen LogP contribution < -0.4 is 4.72 Å². The molecule has 0 aliphatic heterocycles. The van der Waals surface area contributed by atoms with Crippen LogP contribution in [0.2, 0.25) is 0 Å². The first-order valence-corrected chi connectivity index (χ1v) is 6.72. The minimum absolute atomic E-state index is 0.0737. The lowest BCUT2D eigenvalue weighted by molar-refractivity contribution is -0.142. The fourth-order valence-electron chi connectivity index (χ4n) is 1.12. The molecule has 1 aromatic heterocycles. The van der Waals surface area contributed by atoms with E-state index in [-0.39, 0.29) is 9.63 Å². The molecule has 17 heavy (non-hydrogen) atoms. The molecule has 1 rings (SSSR count). The number of aromatic nitrogens is 3. The van der Waals surface area contributed by atoms with Crippen LogP contribution in [0, 0.1) is 0 Å². The fraction of sp³-hybridized carbons (Fsp3) is 0.571. The number of hydrogen-bond acceptors (Lipinski definition) is 6. The summed E-state index contributed by atoms with van der Waals surface area (Å²) < 4.78 is 31.6. The van der Waals surface area contributed by atoms with E-state index >= 15 is 0 Å². The molecule has 0 aliphatic carbocycles. The van der Waals surface area contributed by atoms with Crippen molar-refractivity contribution in [1.29, 1.82) is 0 Å². The van der Waals surface area contributed by atoms with Gasteiger partial charge < -0.3 is 4.74 Å². The number of nitrogens with zero attached hydrogens (tertiary/aromatic N) is 3. The summed E-state index contributed by atoms with van der Waals surface area (Å²) in [6, 6.07) is -0.994. The Labute approximate surface area is 107 Å². The van der Waals surface area contributed by atoms with E-state index in [0.717, 1.165) is 4.68 Å². The molecule has 10 heteroatoms. The number of halogens is 1. The Bertz CT molecular complexity index is 506. The molecular weight excluding hydrogens is 316 g/mol. The third kappa shape index (κ3) is 3.01. The van der Waals surface area contributed by atoms with Crippen LogP contribution in [-0.2, 0) is 26.6 Å². The number of rotatable bonds is 4. The molecule has 96 valence electrons. The molecule has 0 unspecified atom stereocenters. The van der Waals surface area contributed by atoms with Crippen LogP contribution in [0.4, 0.5) is 0 Å². The lowest BCUT2D eigenvalue weighted by atomic mass is 10.4. The number of methoxy groups -OCH3 is 1. The Morgan fingerprint density at radius 3 is 2.59 bits per heavy atom. The second-order valence-corrected chi connectivity index (χ2v) is 5.56. The van der Waals surface area contributed by atoms with Gasteiger partial charge in [-0.1, -0.05) is 5.21 Å². The zero-order valence-corrected chi connectivity index (χ0v) is 11.7. The molecule has 0 aliphatic rings. The van der Waals surface area contributed by atoms with Gasteiger partial charge in [0.2, 0.25) is 5.03 Å². The number of hydrogen-bond donors (Lipinski definition) is 1. The van der Waals surface area contributed by atoms with Crippen LogP contribution in [0.5, 0.6) is 0 Å². The third-order valence-electron chi connectivity index (χ3n) is 1.88. The molecule has 0 aromatic carbocycles. The first-order valence-electron chi connectivity index (χ1n) is 4.45. The zero-order valence-electron chi connectivity index (χ0n) is 9.34. The Morgan fingerprint density at radius 1 is 1.59 bits per heavy atom. The van der Waals surface area contributed by atoms with E-state index in [1.54, 1.807) is 0 Å². The highest BCUT2D eigenvalue weighted by Crippen LogP contribution is 2.17. The van der Waals surface area contributed by atoms with E-state index in [9.17, 15) is 13.2 Å². The number of aryl methyl sites for hydroxylation is 1. The summed E-state index contributed by atoms with van der Waals surface area (Å²) in [6.07, 6.45) is 0. The van der Waals surface area contributed by atoms with Crippen LogP contribution in [-0.4, -0.2) is 42.5 Å². The van der Waals surface area contributed by atoms with Gasteiger partial charge in [0.1, 0.15) is 6.04 Å². The maximum absolute atomic E-state index is 11.9. The second-order valence-electron chi connectivity index (χ2n) is 3.18. The molecule has 1 atom stereocenters. The van der Waals surface area contributed by atoms with E-state index in [4.69, 9.17) is 0 Å². The minimum atomic E-state index is -3.89. The van der Waals surface area contributed by atoms with Crippen LogP contribution in [0.15, 0.2) is 9.63 Å². The van der Waals surface area contributed by atoms with Gasteiger partial charge in [-0.05, 0) is 22.9 Å². The molecule has 0 saturated heterocycles. The summed E-state index contributed by atoms with van der Waals surface area (Å²) in [5.41, 5.74) is 0. The normalized spacial score (nSPS) is 13.4. The van der Waals surface area contributed by atoms with Crippen molar-refractivity contribution in [3.8, 4) is 0 Å².